The molecule has 30 heavy (non-hydrogen) atoms. The topological polar surface area (TPSA) is 98.6 Å². The number of ether oxygens (including phenoxy) is 3. The molecule has 1 amide bonds. The summed E-state index contributed by atoms with van der Waals surface area (Å²) in [6, 6.07) is 13.4. The Morgan fingerprint density at radius 1 is 1.17 bits per heavy atom. The van der Waals surface area contributed by atoms with Crippen LogP contribution in [-0.2, 0) is 13.0 Å². The van der Waals surface area contributed by atoms with Crippen LogP contribution in [-0.4, -0.2) is 29.2 Å². The summed E-state index contributed by atoms with van der Waals surface area (Å²) in [5, 5.41) is 4.03. The third-order valence-corrected chi connectivity index (χ3v) is 4.85. The van der Waals surface area contributed by atoms with Crippen molar-refractivity contribution >= 4 is 16.8 Å². The Labute approximate surface area is 171 Å². The standard InChI is InChI=1S/C22H19N3O5/c26-22(23-8-7-14-10-24-17-4-2-1-3-16(14)17)18-11-28-21(25-18)12-27-15-5-6-19-20(9-15)30-13-29-19/h1-6,9-11,24H,7-8,12-13H2,(H,23,26). The molecule has 0 bridgehead atoms. The van der Waals surface area contributed by atoms with Gasteiger partial charge in [-0.05, 0) is 30.2 Å². The molecular formula is C22H19N3O5. The van der Waals surface area contributed by atoms with Crippen molar-refractivity contribution in [1.29, 1.82) is 0 Å². The Balaban J connectivity index is 1.13. The number of aromatic amines is 1. The van der Waals surface area contributed by atoms with Gasteiger partial charge >= 0.3 is 0 Å². The first-order valence-corrected chi connectivity index (χ1v) is 9.56. The smallest absolute Gasteiger partial charge is 0.273 e. The maximum Gasteiger partial charge on any atom is 0.273 e. The van der Waals surface area contributed by atoms with Crippen LogP contribution in [0.25, 0.3) is 10.9 Å². The highest BCUT2D eigenvalue weighted by Crippen LogP contribution is 2.35. The summed E-state index contributed by atoms with van der Waals surface area (Å²) in [5.74, 6) is 1.95. The van der Waals surface area contributed by atoms with Crippen LogP contribution >= 0.6 is 0 Å². The van der Waals surface area contributed by atoms with E-state index in [0.29, 0.717) is 36.1 Å². The van der Waals surface area contributed by atoms with Crippen molar-refractivity contribution in [2.45, 2.75) is 13.0 Å². The van der Waals surface area contributed by atoms with E-state index in [0.717, 1.165) is 16.5 Å². The van der Waals surface area contributed by atoms with E-state index in [9.17, 15) is 4.79 Å². The van der Waals surface area contributed by atoms with Crippen LogP contribution in [0.5, 0.6) is 17.2 Å². The normalized spacial score (nSPS) is 12.3. The maximum absolute atomic E-state index is 12.3. The van der Waals surface area contributed by atoms with E-state index in [1.807, 2.05) is 24.4 Å². The Kier molecular flexibility index (Phi) is 4.72. The monoisotopic (exact) mass is 405 g/mol. The largest absolute Gasteiger partial charge is 0.484 e. The summed E-state index contributed by atoms with van der Waals surface area (Å²) in [5.41, 5.74) is 2.46. The Hall–Kier alpha value is -3.94. The number of rotatable bonds is 7. The number of nitrogens with one attached hydrogen (secondary N) is 2. The van der Waals surface area contributed by atoms with E-state index in [1.54, 1.807) is 18.2 Å². The minimum Gasteiger partial charge on any atom is -0.484 e. The van der Waals surface area contributed by atoms with Gasteiger partial charge < -0.3 is 28.9 Å². The molecule has 8 nitrogen and oxygen atoms in total. The molecule has 1 aliphatic heterocycles. The Morgan fingerprint density at radius 2 is 2.07 bits per heavy atom. The van der Waals surface area contributed by atoms with E-state index in [-0.39, 0.29) is 25.0 Å². The summed E-state index contributed by atoms with van der Waals surface area (Å²) in [6.07, 6.45) is 4.02. The number of benzene rings is 2. The molecule has 4 aromatic rings. The van der Waals surface area contributed by atoms with Crippen molar-refractivity contribution < 1.29 is 23.4 Å². The fraction of sp³-hybridized carbons (Fsp3) is 0.182. The molecule has 0 radical (unpaired) electrons. The number of aromatic nitrogens is 2. The van der Waals surface area contributed by atoms with E-state index < -0.39 is 0 Å². The first kappa shape index (κ1) is 18.1. The van der Waals surface area contributed by atoms with E-state index in [2.05, 4.69) is 21.4 Å². The number of para-hydroxylation sites is 1. The number of hydrogen-bond donors (Lipinski definition) is 2. The van der Waals surface area contributed by atoms with Crippen LogP contribution in [0.2, 0.25) is 0 Å². The van der Waals surface area contributed by atoms with Crippen molar-refractivity contribution in [1.82, 2.24) is 15.3 Å². The van der Waals surface area contributed by atoms with Crippen LogP contribution in [0, 0.1) is 0 Å². The second-order valence-electron chi connectivity index (χ2n) is 6.80. The SMILES string of the molecule is O=C(NCCc1c[nH]c2ccccc12)c1coc(COc2ccc3c(c2)OCO3)n1. The first-order valence-electron chi connectivity index (χ1n) is 9.56. The molecule has 1 aliphatic rings. The van der Waals surface area contributed by atoms with Gasteiger partial charge in [-0.25, -0.2) is 4.98 Å². The summed E-state index contributed by atoms with van der Waals surface area (Å²) in [7, 11) is 0. The zero-order chi connectivity index (χ0) is 20.3. The van der Waals surface area contributed by atoms with Gasteiger partial charge in [0.15, 0.2) is 23.8 Å². The second-order valence-corrected chi connectivity index (χ2v) is 6.80. The van der Waals surface area contributed by atoms with Gasteiger partial charge in [-0.3, -0.25) is 4.79 Å². The molecule has 5 rings (SSSR count). The lowest BCUT2D eigenvalue weighted by atomic mass is 10.1. The molecule has 0 aliphatic carbocycles. The summed E-state index contributed by atoms with van der Waals surface area (Å²) < 4.78 is 21.6. The fourth-order valence-electron chi connectivity index (χ4n) is 3.33. The lowest BCUT2D eigenvalue weighted by molar-refractivity contribution is 0.0949. The van der Waals surface area contributed by atoms with Crippen molar-refractivity contribution in [3.63, 3.8) is 0 Å². The number of amides is 1. The Bertz CT molecular complexity index is 1200. The van der Waals surface area contributed by atoms with Crippen LogP contribution in [0.1, 0.15) is 21.9 Å². The van der Waals surface area contributed by atoms with Gasteiger partial charge in [0.1, 0.15) is 12.0 Å². The average molecular weight is 405 g/mol. The minimum absolute atomic E-state index is 0.0995. The van der Waals surface area contributed by atoms with Crippen LogP contribution in [0.3, 0.4) is 0 Å². The molecular weight excluding hydrogens is 386 g/mol. The van der Waals surface area contributed by atoms with Crippen LogP contribution in [0.15, 0.2) is 59.3 Å². The van der Waals surface area contributed by atoms with E-state index in [4.69, 9.17) is 18.6 Å². The highest BCUT2D eigenvalue weighted by Gasteiger charge is 2.15. The number of oxazole rings is 1. The number of fused-ring (bicyclic) bond motifs is 2. The number of hydrogen-bond acceptors (Lipinski definition) is 6. The number of H-pyrrole nitrogens is 1. The van der Waals surface area contributed by atoms with Crippen molar-refractivity contribution in [2.24, 2.45) is 0 Å². The zero-order valence-corrected chi connectivity index (χ0v) is 16.0. The van der Waals surface area contributed by atoms with Gasteiger partial charge in [-0.2, -0.15) is 0 Å². The third kappa shape index (κ3) is 3.67. The van der Waals surface area contributed by atoms with Crippen LogP contribution in [0.4, 0.5) is 0 Å². The second kappa shape index (κ2) is 7.82. The van der Waals surface area contributed by atoms with Crippen molar-refractivity contribution in [3.05, 3.63) is 72.1 Å². The summed E-state index contributed by atoms with van der Waals surface area (Å²) in [4.78, 5) is 19.8. The first-order chi connectivity index (χ1) is 14.8. The summed E-state index contributed by atoms with van der Waals surface area (Å²) in [6.45, 7) is 0.802. The molecule has 152 valence electrons. The fourth-order valence-corrected chi connectivity index (χ4v) is 3.33. The predicted octanol–water partition coefficient (Wildman–Crippen LogP) is 3.44. The van der Waals surface area contributed by atoms with Gasteiger partial charge in [-0.15, -0.1) is 0 Å². The molecule has 0 atom stereocenters. The van der Waals surface area contributed by atoms with E-state index in [1.165, 1.54) is 6.26 Å². The van der Waals surface area contributed by atoms with E-state index >= 15 is 0 Å². The van der Waals surface area contributed by atoms with Gasteiger partial charge in [0, 0.05) is 29.7 Å². The molecule has 0 saturated carbocycles. The lowest BCUT2D eigenvalue weighted by Crippen LogP contribution is -2.26. The quantitative estimate of drug-likeness (QED) is 0.489. The van der Waals surface area contributed by atoms with Gasteiger partial charge in [-0.1, -0.05) is 18.2 Å². The Morgan fingerprint density at radius 3 is 3.03 bits per heavy atom. The molecule has 0 unspecified atom stereocenters. The van der Waals surface area contributed by atoms with Gasteiger partial charge in [0.05, 0.1) is 0 Å². The number of carbonyl (C=O) groups excluding carboxylic acids is 1. The van der Waals surface area contributed by atoms with Crippen molar-refractivity contribution in [2.75, 3.05) is 13.3 Å². The predicted molar refractivity (Wildman–Crippen MR) is 108 cm³/mol. The average Bonchev–Trinajstić information content (AvgIpc) is 3.51. The third-order valence-electron chi connectivity index (χ3n) is 4.85. The highest BCUT2D eigenvalue weighted by molar-refractivity contribution is 5.92. The maximum atomic E-state index is 12.3. The minimum atomic E-state index is -0.284. The molecule has 2 aromatic carbocycles. The highest BCUT2D eigenvalue weighted by atomic mass is 16.7. The van der Waals surface area contributed by atoms with Gasteiger partial charge in [0.2, 0.25) is 12.7 Å². The molecule has 0 spiro atoms. The van der Waals surface area contributed by atoms with Crippen molar-refractivity contribution in [3.8, 4) is 17.2 Å². The van der Waals surface area contributed by atoms with Crippen LogP contribution < -0.4 is 19.5 Å². The molecule has 0 fully saturated rings. The molecule has 0 saturated heterocycles. The molecule has 3 heterocycles. The van der Waals surface area contributed by atoms with Gasteiger partial charge in [0.25, 0.3) is 5.91 Å². The molecule has 2 aromatic heterocycles. The lowest BCUT2D eigenvalue weighted by Gasteiger charge is -2.04. The number of nitrogens with zero attached hydrogens (tertiary/aromatic N) is 1. The zero-order valence-electron chi connectivity index (χ0n) is 16.0. The molecule has 8 heteroatoms. The molecule has 2 N–H and O–H groups in total. The number of carbonyl (C=O) groups is 1. The summed E-state index contributed by atoms with van der Waals surface area (Å²) >= 11 is 0.